The summed E-state index contributed by atoms with van der Waals surface area (Å²) in [5.74, 6) is 0. The third-order valence-corrected chi connectivity index (χ3v) is 4.89. The lowest BCUT2D eigenvalue weighted by atomic mass is 9.65. The molecule has 4 heteroatoms. The summed E-state index contributed by atoms with van der Waals surface area (Å²) in [6, 6.07) is 0.646. The zero-order valence-corrected chi connectivity index (χ0v) is 13.9. The average molecular weight is 283 g/mol. The zero-order valence-electron chi connectivity index (χ0n) is 13.1. The summed E-state index contributed by atoms with van der Waals surface area (Å²) in [6.07, 6.45) is 3.91. The van der Waals surface area contributed by atoms with E-state index in [1.54, 1.807) is 0 Å². The molecule has 19 heavy (non-hydrogen) atoms. The van der Waals surface area contributed by atoms with E-state index in [9.17, 15) is 0 Å². The van der Waals surface area contributed by atoms with E-state index in [0.717, 1.165) is 24.7 Å². The van der Waals surface area contributed by atoms with Crippen molar-refractivity contribution in [2.45, 2.75) is 46.1 Å². The molecule has 0 aromatic carbocycles. The van der Waals surface area contributed by atoms with Crippen LogP contribution in [0.4, 0.5) is 0 Å². The van der Waals surface area contributed by atoms with Crippen LogP contribution in [0.15, 0.2) is 0 Å². The molecular formula is C15H29N3S. The Morgan fingerprint density at radius 3 is 2.63 bits per heavy atom. The first-order chi connectivity index (χ1) is 8.71. The van der Waals surface area contributed by atoms with Gasteiger partial charge in [-0.15, -0.1) is 0 Å². The van der Waals surface area contributed by atoms with Crippen molar-refractivity contribution in [1.82, 2.24) is 15.1 Å². The first-order valence-electron chi connectivity index (χ1n) is 7.40. The number of likely N-dealkylation sites (N-methyl/N-ethyl adjacent to an activating group) is 1. The van der Waals surface area contributed by atoms with E-state index >= 15 is 0 Å². The lowest BCUT2D eigenvalue weighted by Crippen LogP contribution is -2.45. The zero-order chi connectivity index (χ0) is 14.3. The molecule has 1 aliphatic heterocycles. The van der Waals surface area contributed by atoms with Gasteiger partial charge in [0.25, 0.3) is 0 Å². The normalized spacial score (nSPS) is 32.7. The molecule has 2 atom stereocenters. The Bertz CT molecular complexity index is 353. The molecule has 110 valence electrons. The topological polar surface area (TPSA) is 18.5 Å². The fraction of sp³-hybridized carbons (Fsp3) is 0.933. The molecule has 1 N–H and O–H groups in total. The molecular weight excluding hydrogens is 254 g/mol. The lowest BCUT2D eigenvalue weighted by Gasteiger charge is -2.39. The second-order valence-corrected chi connectivity index (χ2v) is 8.26. The van der Waals surface area contributed by atoms with Crippen LogP contribution in [0.5, 0.6) is 0 Å². The molecule has 1 aliphatic carbocycles. The van der Waals surface area contributed by atoms with Crippen molar-refractivity contribution in [2.24, 2.45) is 10.8 Å². The van der Waals surface area contributed by atoms with Gasteiger partial charge in [-0.25, -0.2) is 0 Å². The maximum atomic E-state index is 5.61. The standard InChI is InChI=1S/C15H29N3S/c1-14(2)8-12-9-15(3,10-14)11-18(12)13(19)16-6-7-17(4)5/h12H,6-11H2,1-5H3,(H,16,19)/t12-,15-/m0/s1. The fourth-order valence-corrected chi connectivity index (χ4v) is 4.50. The van der Waals surface area contributed by atoms with E-state index in [4.69, 9.17) is 12.2 Å². The minimum Gasteiger partial charge on any atom is -0.361 e. The molecule has 2 aliphatic rings. The fourth-order valence-electron chi connectivity index (χ4n) is 4.19. The van der Waals surface area contributed by atoms with E-state index in [1.165, 1.54) is 19.3 Å². The Morgan fingerprint density at radius 2 is 2.00 bits per heavy atom. The molecule has 1 saturated heterocycles. The van der Waals surface area contributed by atoms with Crippen LogP contribution in [0.25, 0.3) is 0 Å². The second kappa shape index (κ2) is 5.21. The highest BCUT2D eigenvalue weighted by molar-refractivity contribution is 7.80. The van der Waals surface area contributed by atoms with E-state index < -0.39 is 0 Å². The van der Waals surface area contributed by atoms with Crippen molar-refractivity contribution in [3.05, 3.63) is 0 Å². The molecule has 0 spiro atoms. The first kappa shape index (κ1) is 15.0. The minimum atomic E-state index is 0.458. The third kappa shape index (κ3) is 3.60. The third-order valence-electron chi connectivity index (χ3n) is 4.51. The largest absolute Gasteiger partial charge is 0.361 e. The van der Waals surface area contributed by atoms with E-state index in [2.05, 4.69) is 50.0 Å². The summed E-state index contributed by atoms with van der Waals surface area (Å²) in [4.78, 5) is 4.64. The van der Waals surface area contributed by atoms with Crippen LogP contribution in [0.2, 0.25) is 0 Å². The minimum absolute atomic E-state index is 0.458. The number of hydrogen-bond donors (Lipinski definition) is 1. The van der Waals surface area contributed by atoms with Crippen molar-refractivity contribution in [2.75, 3.05) is 33.7 Å². The van der Waals surface area contributed by atoms with Gasteiger partial charge < -0.3 is 15.1 Å². The number of fused-ring (bicyclic) bond motifs is 2. The Hall–Kier alpha value is -0.350. The smallest absolute Gasteiger partial charge is 0.169 e. The molecule has 3 nitrogen and oxygen atoms in total. The highest BCUT2D eigenvalue weighted by Gasteiger charge is 2.50. The van der Waals surface area contributed by atoms with E-state index in [1.807, 2.05) is 0 Å². The van der Waals surface area contributed by atoms with Gasteiger partial charge in [-0.3, -0.25) is 0 Å². The van der Waals surface area contributed by atoms with Crippen LogP contribution >= 0.6 is 12.2 Å². The van der Waals surface area contributed by atoms with Crippen LogP contribution in [0.3, 0.4) is 0 Å². The van der Waals surface area contributed by atoms with Gasteiger partial charge in [0.1, 0.15) is 0 Å². The summed E-state index contributed by atoms with van der Waals surface area (Å²) >= 11 is 5.61. The molecule has 0 amide bonds. The van der Waals surface area contributed by atoms with Crippen molar-refractivity contribution in [1.29, 1.82) is 0 Å². The molecule has 2 bridgehead atoms. The summed E-state index contributed by atoms with van der Waals surface area (Å²) in [5, 5.41) is 4.39. The quantitative estimate of drug-likeness (QED) is 0.801. The lowest BCUT2D eigenvalue weighted by molar-refractivity contribution is 0.132. The molecule has 1 saturated carbocycles. The SMILES string of the molecule is CN(C)CCNC(=S)N1C[C@@]2(C)C[C@@H]1CC(C)(C)C2. The van der Waals surface area contributed by atoms with Crippen molar-refractivity contribution >= 4 is 17.3 Å². The maximum absolute atomic E-state index is 5.61. The van der Waals surface area contributed by atoms with Gasteiger partial charge in [-0.1, -0.05) is 20.8 Å². The average Bonchev–Trinajstić information content (AvgIpc) is 2.47. The van der Waals surface area contributed by atoms with Gasteiger partial charge in [0.05, 0.1) is 0 Å². The maximum Gasteiger partial charge on any atom is 0.169 e. The molecule has 1 heterocycles. The highest BCUT2D eigenvalue weighted by Crippen LogP contribution is 2.52. The van der Waals surface area contributed by atoms with Gasteiger partial charge in [-0.2, -0.15) is 0 Å². The van der Waals surface area contributed by atoms with Crippen molar-refractivity contribution in [3.63, 3.8) is 0 Å². The van der Waals surface area contributed by atoms with E-state index in [0.29, 0.717) is 16.9 Å². The number of nitrogens with zero attached hydrogens (tertiary/aromatic N) is 2. The molecule has 0 aromatic heterocycles. The van der Waals surface area contributed by atoms with E-state index in [-0.39, 0.29) is 0 Å². The first-order valence-corrected chi connectivity index (χ1v) is 7.81. The number of hydrogen-bond acceptors (Lipinski definition) is 2. The second-order valence-electron chi connectivity index (χ2n) is 7.88. The Labute approximate surface area is 123 Å². The summed E-state index contributed by atoms with van der Waals surface area (Å²) in [6.45, 7) is 10.3. The molecule has 2 rings (SSSR count). The molecule has 0 radical (unpaired) electrons. The molecule has 0 aromatic rings. The van der Waals surface area contributed by atoms with Gasteiger partial charge in [0, 0.05) is 25.7 Å². The predicted molar refractivity (Wildman–Crippen MR) is 85.4 cm³/mol. The predicted octanol–water partition coefficient (Wildman–Crippen LogP) is 2.32. The molecule has 2 fully saturated rings. The Morgan fingerprint density at radius 1 is 1.32 bits per heavy atom. The van der Waals surface area contributed by atoms with Gasteiger partial charge in [-0.05, 0) is 56.4 Å². The van der Waals surface area contributed by atoms with Crippen LogP contribution in [-0.2, 0) is 0 Å². The van der Waals surface area contributed by atoms with Crippen LogP contribution in [0.1, 0.15) is 40.0 Å². The Balaban J connectivity index is 1.93. The summed E-state index contributed by atoms with van der Waals surface area (Å²) in [5.41, 5.74) is 0.922. The number of thiocarbonyl (C=S) groups is 1. The summed E-state index contributed by atoms with van der Waals surface area (Å²) in [7, 11) is 4.19. The van der Waals surface area contributed by atoms with Crippen LogP contribution in [0, 0.1) is 10.8 Å². The van der Waals surface area contributed by atoms with Crippen LogP contribution < -0.4 is 5.32 Å². The molecule has 0 unspecified atom stereocenters. The monoisotopic (exact) mass is 283 g/mol. The number of rotatable bonds is 3. The highest BCUT2D eigenvalue weighted by atomic mass is 32.1. The van der Waals surface area contributed by atoms with Gasteiger partial charge in [0.15, 0.2) is 5.11 Å². The van der Waals surface area contributed by atoms with Crippen molar-refractivity contribution in [3.8, 4) is 0 Å². The number of likely N-dealkylation sites (tertiary alicyclic amines) is 1. The van der Waals surface area contributed by atoms with Crippen molar-refractivity contribution < 1.29 is 0 Å². The summed E-state index contributed by atoms with van der Waals surface area (Å²) < 4.78 is 0. The van der Waals surface area contributed by atoms with Gasteiger partial charge in [0.2, 0.25) is 0 Å². The van der Waals surface area contributed by atoms with Crippen LogP contribution in [-0.4, -0.2) is 54.7 Å². The van der Waals surface area contributed by atoms with Gasteiger partial charge >= 0.3 is 0 Å². The number of nitrogens with one attached hydrogen (secondary N) is 1. The Kier molecular flexibility index (Phi) is 4.12.